The van der Waals surface area contributed by atoms with Gasteiger partial charge in [0.1, 0.15) is 47.5 Å². The van der Waals surface area contributed by atoms with Gasteiger partial charge >= 0.3 is 6.01 Å². The zero-order valence-electron chi connectivity index (χ0n) is 24.4. The molecule has 5 heterocycles. The molecule has 1 N–H and O–H groups in total. The summed E-state index contributed by atoms with van der Waals surface area (Å²) in [5.74, 6) is 0.770. The number of aromatic hydroxyl groups is 1. The zero-order chi connectivity index (χ0) is 31.0. The van der Waals surface area contributed by atoms with E-state index in [1.807, 2.05) is 4.90 Å². The highest BCUT2D eigenvalue weighted by atomic mass is 19.1. The van der Waals surface area contributed by atoms with Crippen LogP contribution in [0.15, 0.2) is 30.5 Å². The third kappa shape index (κ3) is 4.48. The Labute approximate surface area is 257 Å². The third-order valence-electron chi connectivity index (χ3n) is 10.3. The quantitative estimate of drug-likeness (QED) is 0.219. The molecule has 2 bridgehead atoms. The maximum Gasteiger partial charge on any atom is 0.319 e. The fourth-order valence-corrected chi connectivity index (χ4v) is 8.24. The molecule has 11 heteroatoms. The first-order chi connectivity index (χ1) is 21.7. The lowest BCUT2D eigenvalue weighted by Gasteiger charge is -2.35. The van der Waals surface area contributed by atoms with Gasteiger partial charge < -0.3 is 14.7 Å². The third-order valence-corrected chi connectivity index (χ3v) is 10.3. The topological polar surface area (TPSA) is 74.6 Å². The number of halogens is 4. The molecule has 2 aromatic heterocycles. The van der Waals surface area contributed by atoms with E-state index in [4.69, 9.17) is 16.1 Å². The van der Waals surface area contributed by atoms with Gasteiger partial charge in [-0.25, -0.2) is 17.6 Å². The average molecular weight is 618 g/mol. The van der Waals surface area contributed by atoms with Crippen LogP contribution >= 0.6 is 0 Å². The highest BCUT2D eigenvalue weighted by Gasteiger charge is 2.49. The van der Waals surface area contributed by atoms with Crippen molar-refractivity contribution in [2.45, 2.75) is 50.0 Å². The van der Waals surface area contributed by atoms with Gasteiger partial charge in [-0.15, -0.1) is 6.42 Å². The van der Waals surface area contributed by atoms with E-state index < -0.39 is 29.5 Å². The normalized spacial score (nSPS) is 27.8. The Morgan fingerprint density at radius 2 is 1.89 bits per heavy atom. The maximum atomic E-state index is 16.7. The highest BCUT2D eigenvalue weighted by Crippen LogP contribution is 2.44. The van der Waals surface area contributed by atoms with Crippen LogP contribution in [0.2, 0.25) is 0 Å². The second-order valence-corrected chi connectivity index (χ2v) is 13.0. The van der Waals surface area contributed by atoms with Crippen LogP contribution in [0, 0.1) is 35.8 Å². The SMILES string of the molecule is C#Cc1c(F)ccc2cc(O)cc(-c3ncc4c(N5CC6CCC(C5)C6F)nc(OC[C@@]56CCCN5C[C@H](F)C6)nc4c3F)c12. The molecule has 2 unspecified atom stereocenters. The first-order valence-corrected chi connectivity index (χ1v) is 15.4. The van der Waals surface area contributed by atoms with Crippen LogP contribution < -0.4 is 9.64 Å². The Hall–Kier alpha value is -4.17. The Morgan fingerprint density at radius 3 is 2.67 bits per heavy atom. The van der Waals surface area contributed by atoms with Crippen molar-refractivity contribution >= 4 is 27.5 Å². The van der Waals surface area contributed by atoms with Gasteiger partial charge in [0.2, 0.25) is 0 Å². The molecule has 1 aliphatic carbocycles. The number of piperidine rings is 1. The van der Waals surface area contributed by atoms with Crippen molar-refractivity contribution in [3.05, 3.63) is 47.7 Å². The zero-order valence-corrected chi connectivity index (χ0v) is 24.4. The molecule has 4 fully saturated rings. The van der Waals surface area contributed by atoms with Gasteiger partial charge in [0, 0.05) is 55.0 Å². The number of benzene rings is 2. The van der Waals surface area contributed by atoms with Gasteiger partial charge in [-0.1, -0.05) is 12.0 Å². The van der Waals surface area contributed by atoms with Gasteiger partial charge in [-0.05, 0) is 55.8 Å². The number of pyridine rings is 1. The number of phenolic OH excluding ortho intramolecular Hbond substituents is 1. The molecule has 0 spiro atoms. The molecule has 4 atom stereocenters. The summed E-state index contributed by atoms with van der Waals surface area (Å²) in [5, 5.41) is 11.5. The number of rotatable bonds is 5. The molecule has 232 valence electrons. The van der Waals surface area contributed by atoms with Crippen LogP contribution in [-0.4, -0.2) is 75.6 Å². The molecule has 0 radical (unpaired) electrons. The summed E-state index contributed by atoms with van der Waals surface area (Å²) in [5.41, 5.74) is -0.706. The van der Waals surface area contributed by atoms with Crippen molar-refractivity contribution in [3.63, 3.8) is 0 Å². The molecule has 1 saturated carbocycles. The largest absolute Gasteiger partial charge is 0.508 e. The molecular weight excluding hydrogens is 586 g/mol. The summed E-state index contributed by atoms with van der Waals surface area (Å²) in [7, 11) is 0. The minimum Gasteiger partial charge on any atom is -0.508 e. The van der Waals surface area contributed by atoms with Gasteiger partial charge in [0.15, 0.2) is 5.82 Å². The van der Waals surface area contributed by atoms with E-state index in [0.29, 0.717) is 42.6 Å². The van der Waals surface area contributed by atoms with Crippen LogP contribution in [0.1, 0.15) is 37.7 Å². The second kappa shape index (κ2) is 10.4. The lowest BCUT2D eigenvalue weighted by molar-refractivity contribution is 0.107. The van der Waals surface area contributed by atoms with Crippen LogP contribution in [0.3, 0.4) is 0 Å². The van der Waals surface area contributed by atoms with E-state index in [2.05, 4.69) is 20.8 Å². The molecule has 8 rings (SSSR count). The number of phenols is 1. The average Bonchev–Trinajstić information content (AvgIpc) is 3.60. The summed E-state index contributed by atoms with van der Waals surface area (Å²) in [6.45, 7) is 2.12. The lowest BCUT2D eigenvalue weighted by atomic mass is 9.95. The number of hydrogen-bond donors (Lipinski definition) is 1. The predicted octanol–water partition coefficient (Wildman–Crippen LogP) is 5.95. The number of ether oxygens (including phenoxy) is 1. The maximum absolute atomic E-state index is 16.7. The van der Waals surface area contributed by atoms with E-state index in [9.17, 15) is 18.3 Å². The van der Waals surface area contributed by atoms with Crippen LogP contribution in [0.25, 0.3) is 32.9 Å². The standard InChI is InChI=1S/C34H31F4N5O2/c1-2-23-26(36)7-6-18-10-22(44)11-24(27(18)23)30-29(38)31-25(13-39-30)32(42-14-19-4-5-20(15-42)28(19)37)41-33(40-31)45-17-34-8-3-9-43(34)16-21(35)12-34/h1,6-7,10-11,13,19-21,28,44H,3-5,8-9,12,14-17H2/t19?,20?,21-,28?,34+/m1/s1. The summed E-state index contributed by atoms with van der Waals surface area (Å²) >= 11 is 0. The molecule has 3 aliphatic heterocycles. The number of fused-ring (bicyclic) bond motifs is 5. The van der Waals surface area contributed by atoms with E-state index in [0.717, 1.165) is 32.2 Å². The highest BCUT2D eigenvalue weighted by molar-refractivity contribution is 6.03. The number of aromatic nitrogens is 3. The monoisotopic (exact) mass is 617 g/mol. The Bertz CT molecular complexity index is 1890. The first kappa shape index (κ1) is 28.3. The fourth-order valence-electron chi connectivity index (χ4n) is 8.24. The van der Waals surface area contributed by atoms with Crippen molar-refractivity contribution in [3.8, 4) is 35.4 Å². The van der Waals surface area contributed by atoms with Gasteiger partial charge in [0.05, 0.1) is 16.5 Å². The Morgan fingerprint density at radius 1 is 1.09 bits per heavy atom. The molecule has 3 saturated heterocycles. The van der Waals surface area contributed by atoms with E-state index in [-0.39, 0.29) is 57.9 Å². The minimum absolute atomic E-state index is 0.0667. The van der Waals surface area contributed by atoms with Gasteiger partial charge in [-0.2, -0.15) is 9.97 Å². The van der Waals surface area contributed by atoms with Crippen molar-refractivity contribution in [1.82, 2.24) is 19.9 Å². The van der Waals surface area contributed by atoms with E-state index in [1.165, 1.54) is 30.5 Å². The predicted molar refractivity (Wildman–Crippen MR) is 162 cm³/mol. The first-order valence-electron chi connectivity index (χ1n) is 15.4. The smallest absolute Gasteiger partial charge is 0.319 e. The summed E-state index contributed by atoms with van der Waals surface area (Å²) < 4.78 is 67.0. The lowest BCUT2D eigenvalue weighted by Crippen LogP contribution is -2.44. The number of hydrogen-bond acceptors (Lipinski definition) is 7. The van der Waals surface area contributed by atoms with Crippen LogP contribution in [-0.2, 0) is 0 Å². The number of terminal acetylenes is 1. The summed E-state index contributed by atoms with van der Waals surface area (Å²) in [4.78, 5) is 17.7. The Kier molecular flexibility index (Phi) is 6.57. The van der Waals surface area contributed by atoms with Crippen molar-refractivity contribution in [1.29, 1.82) is 0 Å². The molecular formula is C34H31F4N5O2. The number of nitrogens with zero attached hydrogens (tertiary/aromatic N) is 5. The van der Waals surface area contributed by atoms with Gasteiger partial charge in [-0.3, -0.25) is 9.88 Å². The molecule has 4 aliphatic rings. The minimum atomic E-state index is -0.944. The van der Waals surface area contributed by atoms with Gasteiger partial charge in [0.25, 0.3) is 0 Å². The number of anilines is 1. The van der Waals surface area contributed by atoms with E-state index >= 15 is 4.39 Å². The molecule has 2 aromatic carbocycles. The fraction of sp³-hybridized carbons (Fsp3) is 0.441. The van der Waals surface area contributed by atoms with Crippen LogP contribution in [0.5, 0.6) is 11.8 Å². The van der Waals surface area contributed by atoms with Crippen LogP contribution in [0.4, 0.5) is 23.4 Å². The van der Waals surface area contributed by atoms with Crippen molar-refractivity contribution < 1.29 is 27.4 Å². The van der Waals surface area contributed by atoms with Crippen molar-refractivity contribution in [2.75, 3.05) is 37.7 Å². The van der Waals surface area contributed by atoms with E-state index in [1.54, 1.807) is 0 Å². The molecule has 45 heavy (non-hydrogen) atoms. The summed E-state index contributed by atoms with van der Waals surface area (Å²) in [6.07, 6.45) is 8.87. The second-order valence-electron chi connectivity index (χ2n) is 13.0. The molecule has 7 nitrogen and oxygen atoms in total. The van der Waals surface area contributed by atoms with Crippen molar-refractivity contribution in [2.24, 2.45) is 11.8 Å². The Balaban J connectivity index is 1.28. The molecule has 4 aromatic rings. The molecule has 0 amide bonds. The number of alkyl halides is 2. The summed E-state index contributed by atoms with van der Waals surface area (Å²) in [6, 6.07) is 5.30.